The minimum Gasteiger partial charge on any atom is -0.321 e. The number of rotatable bonds is 6. The molecule has 156 valence electrons. The fourth-order valence-corrected chi connectivity index (χ4v) is 2.81. The summed E-state index contributed by atoms with van der Waals surface area (Å²) in [6.07, 6.45) is 1.38. The van der Waals surface area contributed by atoms with Crippen molar-refractivity contribution in [3.8, 4) is 0 Å². The Bertz CT molecular complexity index is 1160. The molecule has 3 rings (SSSR count). The minimum absolute atomic E-state index is 0.0685. The summed E-state index contributed by atoms with van der Waals surface area (Å²) < 4.78 is 0. The van der Waals surface area contributed by atoms with Crippen molar-refractivity contribution in [3.63, 3.8) is 0 Å². The molecule has 3 aromatic rings. The first-order valence-corrected chi connectivity index (χ1v) is 9.61. The Morgan fingerprint density at radius 2 is 1.68 bits per heavy atom. The molecule has 0 atom stereocenters. The smallest absolute Gasteiger partial charge is 0.272 e. The van der Waals surface area contributed by atoms with Gasteiger partial charge in [0.15, 0.2) is 0 Å². The first-order chi connectivity index (χ1) is 14.8. The number of nitrogens with zero attached hydrogens (tertiary/aromatic N) is 1. The molecule has 0 aliphatic rings. The van der Waals surface area contributed by atoms with Gasteiger partial charge in [0.25, 0.3) is 17.5 Å². The van der Waals surface area contributed by atoms with E-state index >= 15 is 0 Å². The molecule has 0 heterocycles. The van der Waals surface area contributed by atoms with Gasteiger partial charge in [0.1, 0.15) is 5.70 Å². The number of hydrogen-bond acceptors (Lipinski definition) is 4. The van der Waals surface area contributed by atoms with Gasteiger partial charge in [-0.2, -0.15) is 0 Å². The van der Waals surface area contributed by atoms with Gasteiger partial charge >= 0.3 is 0 Å². The summed E-state index contributed by atoms with van der Waals surface area (Å²) in [7, 11) is 0. The molecule has 0 spiro atoms. The van der Waals surface area contributed by atoms with E-state index in [9.17, 15) is 19.7 Å². The van der Waals surface area contributed by atoms with E-state index < -0.39 is 16.7 Å². The summed E-state index contributed by atoms with van der Waals surface area (Å²) in [6.45, 7) is 1.92. The highest BCUT2D eigenvalue weighted by molar-refractivity contribution is 6.30. The molecule has 3 aromatic carbocycles. The van der Waals surface area contributed by atoms with Gasteiger partial charge in [-0.15, -0.1) is 0 Å². The summed E-state index contributed by atoms with van der Waals surface area (Å²) >= 11 is 5.86. The largest absolute Gasteiger partial charge is 0.321 e. The summed E-state index contributed by atoms with van der Waals surface area (Å²) in [5.41, 5.74) is 2.07. The number of nitro groups is 1. The number of benzene rings is 3. The van der Waals surface area contributed by atoms with Crippen molar-refractivity contribution in [2.75, 3.05) is 5.32 Å². The maximum atomic E-state index is 12.9. The summed E-state index contributed by atoms with van der Waals surface area (Å²) in [4.78, 5) is 36.1. The molecule has 2 N–H and O–H groups in total. The van der Waals surface area contributed by atoms with E-state index in [1.807, 2.05) is 19.1 Å². The van der Waals surface area contributed by atoms with Gasteiger partial charge < -0.3 is 10.6 Å². The Morgan fingerprint density at radius 3 is 2.32 bits per heavy atom. The number of carbonyl (C=O) groups is 2. The van der Waals surface area contributed by atoms with E-state index in [2.05, 4.69) is 10.6 Å². The van der Waals surface area contributed by atoms with E-state index in [0.717, 1.165) is 5.56 Å². The zero-order valence-electron chi connectivity index (χ0n) is 16.5. The van der Waals surface area contributed by atoms with Crippen molar-refractivity contribution >= 4 is 40.9 Å². The van der Waals surface area contributed by atoms with Crippen LogP contribution < -0.4 is 10.6 Å². The van der Waals surface area contributed by atoms with Crippen LogP contribution in [0.3, 0.4) is 0 Å². The maximum absolute atomic E-state index is 12.9. The van der Waals surface area contributed by atoms with Gasteiger partial charge in [-0.05, 0) is 55.0 Å². The molecule has 0 fully saturated rings. The number of carbonyl (C=O) groups excluding carboxylic acids is 2. The van der Waals surface area contributed by atoms with Gasteiger partial charge in [0.2, 0.25) is 0 Å². The normalized spacial score (nSPS) is 11.0. The number of hydrogen-bond donors (Lipinski definition) is 2. The number of non-ortho nitro benzene ring substituents is 1. The van der Waals surface area contributed by atoms with Crippen molar-refractivity contribution < 1.29 is 14.5 Å². The SMILES string of the molecule is Cc1ccc(NC(=O)/C(=C/c2cccc([N+](=O)[O-])c2)NC(=O)c2ccc(Cl)cc2)cc1. The van der Waals surface area contributed by atoms with Crippen molar-refractivity contribution in [2.45, 2.75) is 6.92 Å². The number of nitro benzene ring substituents is 1. The first kappa shape index (κ1) is 21.7. The number of aryl methyl sites for hydroxylation is 1. The quantitative estimate of drug-likeness (QED) is 0.324. The fraction of sp³-hybridized carbons (Fsp3) is 0.0435. The lowest BCUT2D eigenvalue weighted by molar-refractivity contribution is -0.384. The molecular formula is C23H18ClN3O4. The highest BCUT2D eigenvalue weighted by Crippen LogP contribution is 2.17. The Hall–Kier alpha value is -3.97. The van der Waals surface area contributed by atoms with E-state index in [-0.39, 0.29) is 11.4 Å². The van der Waals surface area contributed by atoms with Gasteiger partial charge in [-0.3, -0.25) is 19.7 Å². The van der Waals surface area contributed by atoms with Crippen LogP contribution in [-0.4, -0.2) is 16.7 Å². The lowest BCUT2D eigenvalue weighted by atomic mass is 10.1. The molecular weight excluding hydrogens is 418 g/mol. The van der Waals surface area contributed by atoms with Crippen molar-refractivity contribution in [3.05, 3.63) is 110 Å². The van der Waals surface area contributed by atoms with E-state index in [1.54, 1.807) is 30.3 Å². The fourth-order valence-electron chi connectivity index (χ4n) is 2.68. The van der Waals surface area contributed by atoms with Crippen molar-refractivity contribution in [1.82, 2.24) is 5.32 Å². The van der Waals surface area contributed by atoms with Crippen LogP contribution in [0.4, 0.5) is 11.4 Å². The van der Waals surface area contributed by atoms with Crippen LogP contribution in [0.15, 0.2) is 78.5 Å². The number of halogens is 1. The number of amides is 2. The first-order valence-electron chi connectivity index (χ1n) is 9.23. The van der Waals surface area contributed by atoms with E-state index in [4.69, 9.17) is 11.6 Å². The van der Waals surface area contributed by atoms with Crippen LogP contribution in [0.5, 0.6) is 0 Å². The molecule has 31 heavy (non-hydrogen) atoms. The Labute approximate surface area is 183 Å². The molecule has 0 aliphatic heterocycles. The summed E-state index contributed by atoms with van der Waals surface area (Å²) in [5.74, 6) is -1.09. The van der Waals surface area contributed by atoms with Crippen LogP contribution >= 0.6 is 11.6 Å². The minimum atomic E-state index is -0.572. The maximum Gasteiger partial charge on any atom is 0.272 e. The number of anilines is 1. The standard InChI is InChI=1S/C23H18ClN3O4/c1-15-5-11-19(12-6-15)25-23(29)21(14-16-3-2-4-20(13-16)27(30)31)26-22(28)17-7-9-18(24)10-8-17/h2-14H,1H3,(H,25,29)(H,26,28)/b21-14-. The Morgan fingerprint density at radius 1 is 1.00 bits per heavy atom. The molecule has 0 radical (unpaired) electrons. The molecule has 0 saturated carbocycles. The average molecular weight is 436 g/mol. The van der Waals surface area contributed by atoms with E-state index in [1.165, 1.54) is 36.4 Å². The van der Waals surface area contributed by atoms with Gasteiger partial charge in [0, 0.05) is 28.4 Å². The third-order valence-corrected chi connectivity index (χ3v) is 4.55. The Kier molecular flexibility index (Phi) is 6.79. The molecule has 0 bridgehead atoms. The van der Waals surface area contributed by atoms with Gasteiger partial charge in [0.05, 0.1) is 4.92 Å². The third-order valence-electron chi connectivity index (χ3n) is 4.30. The van der Waals surface area contributed by atoms with Crippen molar-refractivity contribution in [1.29, 1.82) is 0 Å². The van der Waals surface area contributed by atoms with Gasteiger partial charge in [-0.25, -0.2) is 0 Å². The molecule has 0 aliphatic carbocycles. The van der Waals surface area contributed by atoms with Crippen molar-refractivity contribution in [2.24, 2.45) is 0 Å². The highest BCUT2D eigenvalue weighted by atomic mass is 35.5. The molecule has 0 aromatic heterocycles. The predicted molar refractivity (Wildman–Crippen MR) is 120 cm³/mol. The predicted octanol–water partition coefficient (Wildman–Crippen LogP) is 4.97. The van der Waals surface area contributed by atoms with Crippen LogP contribution in [-0.2, 0) is 4.79 Å². The second kappa shape index (κ2) is 9.69. The molecule has 7 nitrogen and oxygen atoms in total. The van der Waals surface area contributed by atoms with Crippen LogP contribution in [0.25, 0.3) is 6.08 Å². The lowest BCUT2D eigenvalue weighted by Gasteiger charge is -2.12. The lowest BCUT2D eigenvalue weighted by Crippen LogP contribution is -2.30. The zero-order valence-corrected chi connectivity index (χ0v) is 17.2. The van der Waals surface area contributed by atoms with Crippen LogP contribution in [0.1, 0.15) is 21.5 Å². The third kappa shape index (κ3) is 6.01. The topological polar surface area (TPSA) is 101 Å². The van der Waals surface area contributed by atoms with Gasteiger partial charge in [-0.1, -0.05) is 41.4 Å². The summed E-state index contributed by atoms with van der Waals surface area (Å²) in [5, 5.41) is 16.8. The van der Waals surface area contributed by atoms with Crippen LogP contribution in [0, 0.1) is 17.0 Å². The highest BCUT2D eigenvalue weighted by Gasteiger charge is 2.16. The molecule has 2 amide bonds. The Balaban J connectivity index is 1.92. The second-order valence-corrected chi connectivity index (χ2v) is 7.13. The van der Waals surface area contributed by atoms with E-state index in [0.29, 0.717) is 21.8 Å². The second-order valence-electron chi connectivity index (χ2n) is 6.69. The monoisotopic (exact) mass is 435 g/mol. The summed E-state index contributed by atoms with van der Waals surface area (Å²) in [6, 6.07) is 19.1. The average Bonchev–Trinajstić information content (AvgIpc) is 2.75. The molecule has 0 saturated heterocycles. The molecule has 8 heteroatoms. The molecule has 0 unspecified atom stereocenters. The van der Waals surface area contributed by atoms with Crippen LogP contribution in [0.2, 0.25) is 5.02 Å². The number of nitrogens with one attached hydrogen (secondary N) is 2. The zero-order chi connectivity index (χ0) is 22.4.